The molecule has 0 spiro atoms. The van der Waals surface area contributed by atoms with E-state index in [2.05, 4.69) is 4.74 Å². The van der Waals surface area contributed by atoms with Gasteiger partial charge in [-0.25, -0.2) is 0 Å². The number of carbonyl (C=O) groups excluding carboxylic acids is 1. The van der Waals surface area contributed by atoms with Crippen molar-refractivity contribution in [3.63, 3.8) is 0 Å². The zero-order chi connectivity index (χ0) is 14.0. The fourth-order valence-electron chi connectivity index (χ4n) is 1.69. The molecule has 0 aromatic carbocycles. The molecule has 104 valence electrons. The molecule has 0 saturated carbocycles. The van der Waals surface area contributed by atoms with E-state index in [4.69, 9.17) is 5.11 Å². The van der Waals surface area contributed by atoms with Gasteiger partial charge in [-0.1, -0.05) is 0 Å². The highest BCUT2D eigenvalue weighted by Crippen LogP contribution is 2.30. The van der Waals surface area contributed by atoms with Crippen LogP contribution in [0.25, 0.3) is 0 Å². The smallest absolute Gasteiger partial charge is 0.411 e. The Bertz CT molecular complexity index is 345. The molecule has 0 bridgehead atoms. The molecule has 1 heterocycles. The largest absolute Gasteiger partial charge is 0.481 e. The number of carbonyl (C=O) groups is 2. The molecule has 1 saturated heterocycles. The second kappa shape index (κ2) is 5.13. The highest BCUT2D eigenvalue weighted by Gasteiger charge is 2.42. The van der Waals surface area contributed by atoms with Crippen LogP contribution in [0.3, 0.4) is 0 Å². The van der Waals surface area contributed by atoms with E-state index >= 15 is 0 Å². The minimum Gasteiger partial charge on any atom is -0.481 e. The quantitative estimate of drug-likeness (QED) is 0.823. The molecule has 0 unspecified atom stereocenters. The average molecular weight is 269 g/mol. The van der Waals surface area contributed by atoms with E-state index in [1.54, 1.807) is 0 Å². The first kappa shape index (κ1) is 14.7. The van der Waals surface area contributed by atoms with Crippen molar-refractivity contribution in [2.75, 3.05) is 26.3 Å². The predicted molar refractivity (Wildman–Crippen MR) is 53.8 cm³/mol. The number of halogens is 3. The van der Waals surface area contributed by atoms with Crippen LogP contribution in [0.15, 0.2) is 0 Å². The van der Waals surface area contributed by atoms with E-state index in [0.29, 0.717) is 0 Å². The van der Waals surface area contributed by atoms with Crippen molar-refractivity contribution >= 4 is 11.9 Å². The Balaban J connectivity index is 2.39. The van der Waals surface area contributed by atoms with E-state index in [1.165, 1.54) is 11.8 Å². The Morgan fingerprint density at radius 1 is 1.44 bits per heavy atom. The van der Waals surface area contributed by atoms with Crippen molar-refractivity contribution < 1.29 is 32.6 Å². The monoisotopic (exact) mass is 269 g/mol. The van der Waals surface area contributed by atoms with Crippen LogP contribution in [0.5, 0.6) is 0 Å². The number of likely N-dealkylation sites (tertiary alicyclic amines) is 1. The predicted octanol–water partition coefficient (Wildman–Crippen LogP) is 0.889. The number of hydrogen-bond donors (Lipinski definition) is 1. The molecule has 0 aliphatic carbocycles. The van der Waals surface area contributed by atoms with Gasteiger partial charge >= 0.3 is 12.1 Å². The summed E-state index contributed by atoms with van der Waals surface area (Å²) in [5, 5.41) is 8.94. The van der Waals surface area contributed by atoms with Crippen molar-refractivity contribution in [2.45, 2.75) is 19.5 Å². The van der Waals surface area contributed by atoms with Gasteiger partial charge in [-0.05, 0) is 13.3 Å². The summed E-state index contributed by atoms with van der Waals surface area (Å²) in [5.74, 6) is -1.64. The summed E-state index contributed by atoms with van der Waals surface area (Å²) in [6.07, 6.45) is -4.19. The lowest BCUT2D eigenvalue weighted by Crippen LogP contribution is -2.37. The highest BCUT2D eigenvalue weighted by atomic mass is 19.4. The lowest BCUT2D eigenvalue weighted by molar-refractivity contribution is -0.177. The molecule has 1 aliphatic heterocycles. The molecular formula is C10H14F3NO4. The lowest BCUT2D eigenvalue weighted by atomic mass is 9.90. The fraction of sp³-hybridized carbons (Fsp3) is 0.800. The normalized spacial score (nSPS) is 24.3. The summed E-state index contributed by atoms with van der Waals surface area (Å²) in [5.41, 5.74) is -1.03. The highest BCUT2D eigenvalue weighted by molar-refractivity contribution is 5.81. The molecule has 1 fully saturated rings. The van der Waals surface area contributed by atoms with Crippen LogP contribution < -0.4 is 0 Å². The van der Waals surface area contributed by atoms with Crippen LogP contribution in [-0.2, 0) is 14.3 Å². The summed E-state index contributed by atoms with van der Waals surface area (Å²) in [7, 11) is 0. The van der Waals surface area contributed by atoms with E-state index < -0.39 is 36.7 Å². The van der Waals surface area contributed by atoms with Crippen LogP contribution >= 0.6 is 0 Å². The number of carboxylic acids is 1. The molecule has 0 aromatic heterocycles. The summed E-state index contributed by atoms with van der Waals surface area (Å²) in [6.45, 7) is -0.454. The maximum Gasteiger partial charge on any atom is 0.411 e. The summed E-state index contributed by atoms with van der Waals surface area (Å²) in [4.78, 5) is 23.6. The van der Waals surface area contributed by atoms with E-state index in [9.17, 15) is 22.8 Å². The van der Waals surface area contributed by atoms with Crippen LogP contribution in [0, 0.1) is 5.41 Å². The molecule has 5 nitrogen and oxygen atoms in total. The summed E-state index contributed by atoms with van der Waals surface area (Å²) >= 11 is 0. The van der Waals surface area contributed by atoms with Crippen LogP contribution in [0.4, 0.5) is 13.2 Å². The number of carboxylic acid groups (broad SMARTS) is 1. The number of rotatable bonds is 4. The van der Waals surface area contributed by atoms with Gasteiger partial charge in [0.15, 0.2) is 0 Å². The Labute approximate surface area is 102 Å². The Kier molecular flexibility index (Phi) is 4.20. The zero-order valence-electron chi connectivity index (χ0n) is 9.79. The van der Waals surface area contributed by atoms with Gasteiger partial charge in [-0.15, -0.1) is 0 Å². The maximum atomic E-state index is 11.8. The first-order valence-electron chi connectivity index (χ1n) is 5.30. The molecule has 1 atom stereocenters. The third kappa shape index (κ3) is 3.86. The number of aliphatic carboxylic acids is 1. The maximum absolute atomic E-state index is 11.8. The standard InChI is InChI=1S/C10H14F3NO4/c1-9(8(16)17)2-3-14(5-9)7(15)4-18-6-10(11,12)13/h2-6H2,1H3,(H,16,17)/t9-/m1/s1. The van der Waals surface area contributed by atoms with Gasteiger partial charge in [0, 0.05) is 13.1 Å². The van der Waals surface area contributed by atoms with Crippen LogP contribution in [-0.4, -0.2) is 54.4 Å². The van der Waals surface area contributed by atoms with E-state index in [0.717, 1.165) is 0 Å². The van der Waals surface area contributed by atoms with Gasteiger partial charge in [0.1, 0.15) is 13.2 Å². The third-order valence-electron chi connectivity index (χ3n) is 2.83. The van der Waals surface area contributed by atoms with Gasteiger partial charge in [0.25, 0.3) is 0 Å². The Morgan fingerprint density at radius 2 is 2.06 bits per heavy atom. The topological polar surface area (TPSA) is 66.8 Å². The van der Waals surface area contributed by atoms with Gasteiger partial charge in [-0.2, -0.15) is 13.2 Å². The average Bonchev–Trinajstić information content (AvgIpc) is 2.60. The molecule has 0 radical (unpaired) electrons. The second-order valence-electron chi connectivity index (χ2n) is 4.54. The Morgan fingerprint density at radius 3 is 2.50 bits per heavy atom. The first-order valence-corrected chi connectivity index (χ1v) is 5.30. The minimum absolute atomic E-state index is 0.00343. The molecule has 1 rings (SSSR count). The molecular weight excluding hydrogens is 255 g/mol. The van der Waals surface area contributed by atoms with Crippen LogP contribution in [0.1, 0.15) is 13.3 Å². The minimum atomic E-state index is -4.47. The van der Waals surface area contributed by atoms with E-state index in [1.807, 2.05) is 0 Å². The molecule has 18 heavy (non-hydrogen) atoms. The fourth-order valence-corrected chi connectivity index (χ4v) is 1.69. The second-order valence-corrected chi connectivity index (χ2v) is 4.54. The first-order chi connectivity index (χ1) is 8.14. The van der Waals surface area contributed by atoms with Crippen molar-refractivity contribution in [1.82, 2.24) is 4.90 Å². The molecule has 1 N–H and O–H groups in total. The summed E-state index contributed by atoms with van der Waals surface area (Å²) in [6, 6.07) is 0. The molecule has 1 aliphatic rings. The van der Waals surface area contributed by atoms with E-state index in [-0.39, 0.29) is 19.5 Å². The molecule has 1 amide bonds. The third-order valence-corrected chi connectivity index (χ3v) is 2.83. The van der Waals surface area contributed by atoms with Crippen molar-refractivity contribution in [2.24, 2.45) is 5.41 Å². The number of nitrogens with zero attached hydrogens (tertiary/aromatic N) is 1. The molecule has 0 aromatic rings. The lowest BCUT2D eigenvalue weighted by Gasteiger charge is -2.20. The van der Waals surface area contributed by atoms with Crippen molar-refractivity contribution in [1.29, 1.82) is 0 Å². The van der Waals surface area contributed by atoms with Gasteiger partial charge in [0.05, 0.1) is 5.41 Å². The Hall–Kier alpha value is -1.31. The van der Waals surface area contributed by atoms with Crippen molar-refractivity contribution in [3.05, 3.63) is 0 Å². The summed E-state index contributed by atoms with van der Waals surface area (Å²) < 4.78 is 39.6. The van der Waals surface area contributed by atoms with Crippen LogP contribution in [0.2, 0.25) is 0 Å². The van der Waals surface area contributed by atoms with Gasteiger partial charge < -0.3 is 14.7 Å². The van der Waals surface area contributed by atoms with Gasteiger partial charge in [0.2, 0.25) is 5.91 Å². The number of amides is 1. The van der Waals surface area contributed by atoms with Crippen molar-refractivity contribution in [3.8, 4) is 0 Å². The zero-order valence-corrected chi connectivity index (χ0v) is 9.79. The number of alkyl halides is 3. The van der Waals surface area contributed by atoms with Gasteiger partial charge in [-0.3, -0.25) is 9.59 Å². The molecule has 8 heteroatoms. The number of ether oxygens (including phenoxy) is 1. The SMILES string of the molecule is C[C@@]1(C(=O)O)CCN(C(=O)COCC(F)(F)F)C1. The number of hydrogen-bond acceptors (Lipinski definition) is 3.